The Hall–Kier alpha value is -1.43. The molecule has 0 radical (unpaired) electrons. The minimum atomic E-state index is -0.993. The number of rotatable bonds is 4. The number of hydrogen-bond acceptors (Lipinski definition) is 3. The molecule has 17 heavy (non-hydrogen) atoms. The maximum atomic E-state index is 11.8. The van der Waals surface area contributed by atoms with E-state index in [1.165, 1.54) is 6.92 Å². The number of aromatic nitrogens is 1. The van der Waals surface area contributed by atoms with Gasteiger partial charge in [-0.3, -0.25) is 9.59 Å². The van der Waals surface area contributed by atoms with Crippen molar-refractivity contribution in [2.24, 2.45) is 11.8 Å². The highest BCUT2D eigenvalue weighted by Gasteiger charge is 2.26. The van der Waals surface area contributed by atoms with Gasteiger partial charge in [0.15, 0.2) is 0 Å². The Morgan fingerprint density at radius 1 is 1.41 bits per heavy atom. The number of anilines is 1. The Kier molecular flexibility index (Phi) is 4.62. The minimum absolute atomic E-state index is 0.362. The Balaban J connectivity index is 2.73. The predicted molar refractivity (Wildman–Crippen MR) is 66.5 cm³/mol. The van der Waals surface area contributed by atoms with Gasteiger partial charge in [-0.1, -0.05) is 13.8 Å². The van der Waals surface area contributed by atoms with Crippen LogP contribution in [0.3, 0.4) is 0 Å². The molecule has 5 nitrogen and oxygen atoms in total. The first kappa shape index (κ1) is 13.6. The molecule has 0 saturated carbocycles. The van der Waals surface area contributed by atoms with Crippen LogP contribution in [-0.4, -0.2) is 22.0 Å². The molecule has 0 bridgehead atoms. The molecule has 0 aliphatic heterocycles. The van der Waals surface area contributed by atoms with Gasteiger partial charge in [0.1, 0.15) is 5.82 Å². The second kappa shape index (κ2) is 5.77. The van der Waals surface area contributed by atoms with E-state index in [0.29, 0.717) is 10.3 Å². The number of nitrogens with one attached hydrogen (secondary N) is 1. The van der Waals surface area contributed by atoms with Crippen molar-refractivity contribution in [3.8, 4) is 0 Å². The number of hydrogen-bond donors (Lipinski definition) is 2. The summed E-state index contributed by atoms with van der Waals surface area (Å²) in [5.41, 5.74) is 0. The SMILES string of the molecule is CC(C(=O)O)C(C)C(=O)Nc1ncccc1Br. The molecule has 0 aliphatic rings. The monoisotopic (exact) mass is 300 g/mol. The molecule has 1 aromatic rings. The van der Waals surface area contributed by atoms with Gasteiger partial charge < -0.3 is 10.4 Å². The topological polar surface area (TPSA) is 79.3 Å². The number of aliphatic carboxylic acids is 1. The van der Waals surface area contributed by atoms with Gasteiger partial charge in [-0.05, 0) is 28.1 Å². The standard InChI is InChI=1S/C11H13BrN2O3/c1-6(7(2)11(16)17)10(15)14-9-8(12)4-3-5-13-9/h3-7H,1-2H3,(H,16,17)(H,13,14,15). The summed E-state index contributed by atoms with van der Waals surface area (Å²) < 4.78 is 0.656. The number of carbonyl (C=O) groups is 2. The van der Waals surface area contributed by atoms with E-state index in [-0.39, 0.29) is 5.91 Å². The average Bonchev–Trinajstić information content (AvgIpc) is 2.30. The van der Waals surface area contributed by atoms with E-state index >= 15 is 0 Å². The van der Waals surface area contributed by atoms with Crippen molar-refractivity contribution >= 4 is 33.6 Å². The Morgan fingerprint density at radius 2 is 2.06 bits per heavy atom. The summed E-state index contributed by atoms with van der Waals surface area (Å²) in [6.07, 6.45) is 1.55. The maximum absolute atomic E-state index is 11.8. The molecule has 6 heteroatoms. The van der Waals surface area contributed by atoms with Crippen LogP contribution in [-0.2, 0) is 9.59 Å². The van der Waals surface area contributed by atoms with Crippen LogP contribution in [0, 0.1) is 11.8 Å². The second-order valence-electron chi connectivity index (χ2n) is 3.74. The van der Waals surface area contributed by atoms with Crippen LogP contribution in [0.2, 0.25) is 0 Å². The van der Waals surface area contributed by atoms with Crippen molar-refractivity contribution in [3.63, 3.8) is 0 Å². The van der Waals surface area contributed by atoms with Gasteiger partial charge in [0.25, 0.3) is 0 Å². The first-order valence-electron chi connectivity index (χ1n) is 5.07. The molecule has 0 aliphatic carbocycles. The van der Waals surface area contributed by atoms with Gasteiger partial charge in [0.2, 0.25) is 5.91 Å². The highest BCUT2D eigenvalue weighted by Crippen LogP contribution is 2.20. The summed E-state index contributed by atoms with van der Waals surface area (Å²) in [5, 5.41) is 11.4. The Labute approximate surface area is 107 Å². The van der Waals surface area contributed by atoms with E-state index in [4.69, 9.17) is 5.11 Å². The van der Waals surface area contributed by atoms with Crippen molar-refractivity contribution in [1.82, 2.24) is 4.98 Å². The molecule has 1 aromatic heterocycles. The summed E-state index contributed by atoms with van der Waals surface area (Å²) >= 11 is 3.25. The largest absolute Gasteiger partial charge is 0.481 e. The number of carboxylic acids is 1. The van der Waals surface area contributed by atoms with Crippen molar-refractivity contribution < 1.29 is 14.7 Å². The number of pyridine rings is 1. The lowest BCUT2D eigenvalue weighted by atomic mass is 9.95. The van der Waals surface area contributed by atoms with Gasteiger partial charge in [0.05, 0.1) is 10.4 Å². The van der Waals surface area contributed by atoms with Gasteiger partial charge >= 0.3 is 5.97 Å². The highest BCUT2D eigenvalue weighted by molar-refractivity contribution is 9.10. The fourth-order valence-electron chi connectivity index (χ4n) is 1.15. The molecule has 0 spiro atoms. The first-order valence-corrected chi connectivity index (χ1v) is 5.87. The zero-order chi connectivity index (χ0) is 13.0. The molecular formula is C11H13BrN2O3. The molecule has 1 amide bonds. The van der Waals surface area contributed by atoms with E-state index in [9.17, 15) is 9.59 Å². The number of amides is 1. The highest BCUT2D eigenvalue weighted by atomic mass is 79.9. The third-order valence-corrected chi connectivity index (χ3v) is 3.19. The zero-order valence-corrected chi connectivity index (χ0v) is 11.1. The quantitative estimate of drug-likeness (QED) is 0.893. The minimum Gasteiger partial charge on any atom is -0.481 e. The predicted octanol–water partition coefficient (Wildman–Crippen LogP) is 2.14. The van der Waals surface area contributed by atoms with Crippen LogP contribution in [0.25, 0.3) is 0 Å². The molecule has 0 fully saturated rings. The Morgan fingerprint density at radius 3 is 2.59 bits per heavy atom. The normalized spacial score (nSPS) is 13.8. The van der Waals surface area contributed by atoms with Crippen molar-refractivity contribution in [2.75, 3.05) is 5.32 Å². The lowest BCUT2D eigenvalue weighted by Gasteiger charge is -2.15. The van der Waals surface area contributed by atoms with Crippen LogP contribution >= 0.6 is 15.9 Å². The summed E-state index contributed by atoms with van der Waals surface area (Å²) in [7, 11) is 0. The van der Waals surface area contributed by atoms with Gasteiger partial charge in [0, 0.05) is 12.1 Å². The van der Waals surface area contributed by atoms with Crippen molar-refractivity contribution in [1.29, 1.82) is 0 Å². The van der Waals surface area contributed by atoms with E-state index < -0.39 is 17.8 Å². The molecule has 1 rings (SSSR count). The molecule has 2 unspecified atom stereocenters. The molecule has 0 aromatic carbocycles. The zero-order valence-electron chi connectivity index (χ0n) is 9.48. The molecule has 0 saturated heterocycles. The lowest BCUT2D eigenvalue weighted by Crippen LogP contribution is -2.30. The van der Waals surface area contributed by atoms with Crippen LogP contribution in [0.1, 0.15) is 13.8 Å². The van der Waals surface area contributed by atoms with Crippen LogP contribution < -0.4 is 5.32 Å². The third-order valence-electron chi connectivity index (χ3n) is 2.55. The fraction of sp³-hybridized carbons (Fsp3) is 0.364. The second-order valence-corrected chi connectivity index (χ2v) is 4.59. The number of carboxylic acid groups (broad SMARTS) is 1. The summed E-state index contributed by atoms with van der Waals surface area (Å²) in [6.45, 7) is 3.07. The fourth-order valence-corrected chi connectivity index (χ4v) is 1.50. The number of halogens is 1. The van der Waals surface area contributed by atoms with Gasteiger partial charge in [-0.2, -0.15) is 0 Å². The van der Waals surface area contributed by atoms with Gasteiger partial charge in [-0.25, -0.2) is 4.98 Å². The molecule has 1 heterocycles. The van der Waals surface area contributed by atoms with Crippen molar-refractivity contribution in [2.45, 2.75) is 13.8 Å². The number of nitrogens with zero attached hydrogens (tertiary/aromatic N) is 1. The summed E-state index contributed by atoms with van der Waals surface area (Å²) in [4.78, 5) is 26.5. The Bertz CT molecular complexity index is 436. The van der Waals surface area contributed by atoms with Crippen LogP contribution in [0.15, 0.2) is 22.8 Å². The van der Waals surface area contributed by atoms with Crippen molar-refractivity contribution in [3.05, 3.63) is 22.8 Å². The van der Waals surface area contributed by atoms with E-state index in [1.54, 1.807) is 25.3 Å². The maximum Gasteiger partial charge on any atom is 0.307 e. The average molecular weight is 301 g/mol. The molecule has 92 valence electrons. The first-order chi connectivity index (χ1) is 7.93. The van der Waals surface area contributed by atoms with E-state index in [1.807, 2.05) is 0 Å². The third kappa shape index (κ3) is 3.52. The van der Waals surface area contributed by atoms with Crippen LogP contribution in [0.4, 0.5) is 5.82 Å². The van der Waals surface area contributed by atoms with Crippen LogP contribution in [0.5, 0.6) is 0 Å². The summed E-state index contributed by atoms with van der Waals surface area (Å²) in [6, 6.07) is 3.47. The van der Waals surface area contributed by atoms with Gasteiger partial charge in [-0.15, -0.1) is 0 Å². The van der Waals surface area contributed by atoms with E-state index in [2.05, 4.69) is 26.2 Å². The smallest absolute Gasteiger partial charge is 0.307 e. The van der Waals surface area contributed by atoms with E-state index in [0.717, 1.165) is 0 Å². The lowest BCUT2D eigenvalue weighted by molar-refractivity contribution is -0.145. The summed E-state index contributed by atoms with van der Waals surface area (Å²) in [5.74, 6) is -2.33. The molecule has 2 N–H and O–H groups in total. The number of carbonyl (C=O) groups excluding carboxylic acids is 1. The molecular weight excluding hydrogens is 288 g/mol. The molecule has 2 atom stereocenters.